The molecule has 17 heavy (non-hydrogen) atoms. The summed E-state index contributed by atoms with van der Waals surface area (Å²) in [5.74, 6) is 0. The van der Waals surface area contributed by atoms with Crippen LogP contribution < -0.4 is 5.32 Å². The maximum absolute atomic E-state index is 4.20. The van der Waals surface area contributed by atoms with Crippen LogP contribution in [-0.4, -0.2) is 37.1 Å². The van der Waals surface area contributed by atoms with Gasteiger partial charge in [-0.25, -0.2) is 0 Å². The molecule has 3 heteroatoms. The lowest BCUT2D eigenvalue weighted by Gasteiger charge is -2.28. The molecular formula is C14H25N3. The molecule has 0 saturated carbocycles. The Hall–Kier alpha value is -0.930. The zero-order valence-corrected chi connectivity index (χ0v) is 11.7. The smallest absolute Gasteiger partial charge is 0.0313 e. The summed E-state index contributed by atoms with van der Waals surface area (Å²) in [6, 6.07) is 2.18. The van der Waals surface area contributed by atoms with E-state index in [1.54, 1.807) is 0 Å². The quantitative estimate of drug-likeness (QED) is 0.818. The summed E-state index contributed by atoms with van der Waals surface area (Å²) in [7, 11) is 4.23. The molecule has 0 bridgehead atoms. The topological polar surface area (TPSA) is 28.2 Å². The van der Waals surface area contributed by atoms with Crippen LogP contribution in [0, 0.1) is 12.3 Å². The van der Waals surface area contributed by atoms with Crippen molar-refractivity contribution in [2.24, 2.45) is 5.41 Å². The van der Waals surface area contributed by atoms with Crippen molar-refractivity contribution in [2.45, 2.75) is 27.3 Å². The molecule has 1 rings (SSSR count). The minimum absolute atomic E-state index is 0.292. The first-order chi connectivity index (χ1) is 7.89. The van der Waals surface area contributed by atoms with Crippen molar-refractivity contribution in [3.05, 3.63) is 29.6 Å². The Balaban J connectivity index is 2.37. The second-order valence-electron chi connectivity index (χ2n) is 5.88. The largest absolute Gasteiger partial charge is 0.312 e. The third-order valence-electron chi connectivity index (χ3n) is 2.61. The normalized spacial score (nSPS) is 12.1. The van der Waals surface area contributed by atoms with Crippen LogP contribution in [0.5, 0.6) is 0 Å². The lowest BCUT2D eigenvalue weighted by Crippen LogP contribution is -2.37. The Morgan fingerprint density at radius 2 is 2.00 bits per heavy atom. The van der Waals surface area contributed by atoms with Crippen molar-refractivity contribution in [2.75, 3.05) is 27.2 Å². The van der Waals surface area contributed by atoms with Gasteiger partial charge in [0.15, 0.2) is 0 Å². The average molecular weight is 235 g/mol. The molecule has 1 N–H and O–H groups in total. The number of nitrogens with one attached hydrogen (secondary N) is 1. The fourth-order valence-corrected chi connectivity index (χ4v) is 2.17. The van der Waals surface area contributed by atoms with Crippen LogP contribution in [-0.2, 0) is 6.54 Å². The van der Waals surface area contributed by atoms with E-state index in [9.17, 15) is 0 Å². The number of aromatic nitrogens is 1. The molecule has 0 aliphatic heterocycles. The average Bonchev–Trinajstić information content (AvgIpc) is 2.15. The molecule has 0 aliphatic carbocycles. The van der Waals surface area contributed by atoms with E-state index >= 15 is 0 Å². The Kier molecular flexibility index (Phi) is 5.09. The molecule has 0 atom stereocenters. The first kappa shape index (κ1) is 14.1. The van der Waals surface area contributed by atoms with E-state index in [0.717, 1.165) is 19.6 Å². The van der Waals surface area contributed by atoms with Crippen molar-refractivity contribution >= 4 is 0 Å². The molecule has 96 valence electrons. The highest BCUT2D eigenvalue weighted by molar-refractivity contribution is 5.16. The van der Waals surface area contributed by atoms with E-state index in [2.05, 4.69) is 56.1 Å². The maximum atomic E-state index is 4.20. The predicted molar refractivity (Wildman–Crippen MR) is 73.0 cm³/mol. The number of hydrogen-bond donors (Lipinski definition) is 1. The highest BCUT2D eigenvalue weighted by atomic mass is 15.1. The van der Waals surface area contributed by atoms with E-state index in [0.29, 0.717) is 5.41 Å². The summed E-state index contributed by atoms with van der Waals surface area (Å²) >= 11 is 0. The molecule has 0 saturated heterocycles. The predicted octanol–water partition coefficient (Wildman–Crippen LogP) is 2.07. The van der Waals surface area contributed by atoms with Gasteiger partial charge < -0.3 is 10.2 Å². The molecule has 0 amide bonds. The summed E-state index contributed by atoms with van der Waals surface area (Å²) in [4.78, 5) is 6.43. The first-order valence-corrected chi connectivity index (χ1v) is 6.15. The first-order valence-electron chi connectivity index (χ1n) is 6.15. The molecule has 1 heterocycles. The van der Waals surface area contributed by atoms with Gasteiger partial charge in [0.1, 0.15) is 0 Å². The van der Waals surface area contributed by atoms with Gasteiger partial charge >= 0.3 is 0 Å². The number of aryl methyl sites for hydroxylation is 1. The van der Waals surface area contributed by atoms with Gasteiger partial charge in [-0.3, -0.25) is 4.98 Å². The van der Waals surface area contributed by atoms with Gasteiger partial charge in [-0.15, -0.1) is 0 Å². The SMILES string of the molecule is Cc1cncc(CNCC(C)(C)CN(C)C)c1. The number of pyridine rings is 1. The van der Waals surface area contributed by atoms with E-state index in [1.807, 2.05) is 12.4 Å². The Bertz CT molecular complexity index is 345. The van der Waals surface area contributed by atoms with Crippen LogP contribution >= 0.6 is 0 Å². The third-order valence-corrected chi connectivity index (χ3v) is 2.61. The molecule has 1 aromatic heterocycles. The van der Waals surface area contributed by atoms with Gasteiger partial charge in [-0.05, 0) is 37.6 Å². The number of hydrogen-bond acceptors (Lipinski definition) is 3. The van der Waals surface area contributed by atoms with Crippen LogP contribution in [0.3, 0.4) is 0 Å². The van der Waals surface area contributed by atoms with Gasteiger partial charge in [0.05, 0.1) is 0 Å². The van der Waals surface area contributed by atoms with Gasteiger partial charge in [-0.2, -0.15) is 0 Å². The van der Waals surface area contributed by atoms with E-state index < -0.39 is 0 Å². The zero-order valence-electron chi connectivity index (χ0n) is 11.7. The summed E-state index contributed by atoms with van der Waals surface area (Å²) in [6.45, 7) is 9.65. The molecule has 0 fully saturated rings. The van der Waals surface area contributed by atoms with Gasteiger partial charge in [0.25, 0.3) is 0 Å². The summed E-state index contributed by atoms with van der Waals surface area (Å²) in [5, 5.41) is 3.51. The van der Waals surface area contributed by atoms with Crippen LogP contribution in [0.4, 0.5) is 0 Å². The molecule has 0 aliphatic rings. The second-order valence-corrected chi connectivity index (χ2v) is 5.88. The molecule has 0 radical (unpaired) electrons. The van der Waals surface area contributed by atoms with Crippen LogP contribution in [0.15, 0.2) is 18.5 Å². The third kappa shape index (κ3) is 5.80. The fourth-order valence-electron chi connectivity index (χ4n) is 2.17. The number of rotatable bonds is 6. The van der Waals surface area contributed by atoms with Crippen molar-refractivity contribution < 1.29 is 0 Å². The summed E-state index contributed by atoms with van der Waals surface area (Å²) in [6.07, 6.45) is 3.82. The minimum Gasteiger partial charge on any atom is -0.312 e. The highest BCUT2D eigenvalue weighted by Crippen LogP contribution is 2.14. The van der Waals surface area contributed by atoms with Crippen molar-refractivity contribution in [3.8, 4) is 0 Å². The molecule has 0 aromatic carbocycles. The summed E-state index contributed by atoms with van der Waals surface area (Å²) < 4.78 is 0. The van der Waals surface area contributed by atoms with E-state index in [4.69, 9.17) is 0 Å². The van der Waals surface area contributed by atoms with Gasteiger partial charge in [0.2, 0.25) is 0 Å². The van der Waals surface area contributed by atoms with E-state index in [1.165, 1.54) is 11.1 Å². The standard InChI is InChI=1S/C14H25N3/c1-12-6-13(8-15-7-12)9-16-10-14(2,3)11-17(4)5/h6-8,16H,9-11H2,1-5H3. The molecule has 0 unspecified atom stereocenters. The molecule has 0 spiro atoms. The van der Waals surface area contributed by atoms with Gasteiger partial charge in [-0.1, -0.05) is 19.9 Å². The lowest BCUT2D eigenvalue weighted by molar-refractivity contribution is 0.232. The maximum Gasteiger partial charge on any atom is 0.0313 e. The van der Waals surface area contributed by atoms with Crippen molar-refractivity contribution in [3.63, 3.8) is 0 Å². The van der Waals surface area contributed by atoms with Crippen molar-refractivity contribution in [1.82, 2.24) is 15.2 Å². The van der Waals surface area contributed by atoms with Crippen LogP contribution in [0.25, 0.3) is 0 Å². The molecular weight excluding hydrogens is 210 g/mol. The monoisotopic (exact) mass is 235 g/mol. The fraction of sp³-hybridized carbons (Fsp3) is 0.643. The zero-order chi connectivity index (χ0) is 12.9. The Labute approximate surface area is 105 Å². The lowest BCUT2D eigenvalue weighted by atomic mass is 9.93. The van der Waals surface area contributed by atoms with Crippen molar-refractivity contribution in [1.29, 1.82) is 0 Å². The molecule has 1 aromatic rings. The number of nitrogens with zero attached hydrogens (tertiary/aromatic N) is 2. The Morgan fingerprint density at radius 1 is 1.29 bits per heavy atom. The molecule has 3 nitrogen and oxygen atoms in total. The van der Waals surface area contributed by atoms with Crippen LogP contribution in [0.1, 0.15) is 25.0 Å². The minimum atomic E-state index is 0.292. The Morgan fingerprint density at radius 3 is 2.59 bits per heavy atom. The van der Waals surface area contributed by atoms with E-state index in [-0.39, 0.29) is 0 Å². The summed E-state index contributed by atoms with van der Waals surface area (Å²) in [5.41, 5.74) is 2.77. The highest BCUT2D eigenvalue weighted by Gasteiger charge is 2.17. The van der Waals surface area contributed by atoms with Gasteiger partial charge in [0, 0.05) is 32.0 Å². The second kappa shape index (κ2) is 6.12. The van der Waals surface area contributed by atoms with Crippen LogP contribution in [0.2, 0.25) is 0 Å².